The van der Waals surface area contributed by atoms with Gasteiger partial charge in [0, 0.05) is 12.1 Å². The van der Waals surface area contributed by atoms with Crippen molar-refractivity contribution in [1.29, 1.82) is 0 Å². The van der Waals surface area contributed by atoms with Crippen molar-refractivity contribution in [3.8, 4) is 0 Å². The molecule has 1 atom stereocenters. The summed E-state index contributed by atoms with van der Waals surface area (Å²) in [7, 11) is 0. The molecule has 1 aromatic carbocycles. The van der Waals surface area contributed by atoms with Crippen LogP contribution in [-0.2, 0) is 9.59 Å². The lowest BCUT2D eigenvalue weighted by atomic mass is 9.99. The number of hydrogen-bond acceptors (Lipinski definition) is 5. The molecule has 0 bridgehead atoms. The maximum Gasteiger partial charge on any atom is 0.240 e. The Labute approximate surface area is 176 Å². The summed E-state index contributed by atoms with van der Waals surface area (Å²) >= 11 is 19.1. The molecule has 3 rings (SSSR count). The van der Waals surface area contributed by atoms with Crippen LogP contribution in [0, 0.1) is 0 Å². The van der Waals surface area contributed by atoms with Crippen LogP contribution < -0.4 is 10.6 Å². The number of carbonyl (C=O) groups excluding carboxylic acids is 2. The molecule has 10 heteroatoms. The van der Waals surface area contributed by atoms with Gasteiger partial charge in [0.2, 0.25) is 11.8 Å². The molecule has 144 valence electrons. The van der Waals surface area contributed by atoms with Crippen LogP contribution in [0.5, 0.6) is 0 Å². The second kappa shape index (κ2) is 9.28. The minimum atomic E-state index is -0.572. The number of thioether (sulfide) groups is 1. The van der Waals surface area contributed by atoms with Crippen LogP contribution >= 0.6 is 46.6 Å². The molecule has 0 radical (unpaired) electrons. The number of rotatable bonds is 4. The molecule has 2 aliphatic rings. The number of nitrogens with zero attached hydrogens (tertiary/aromatic N) is 2. The van der Waals surface area contributed by atoms with Crippen LogP contribution in [0.25, 0.3) is 0 Å². The number of nitrogens with one attached hydrogen (secondary N) is 2. The Morgan fingerprint density at radius 2 is 1.81 bits per heavy atom. The topological polar surface area (TPSA) is 82.9 Å². The number of carbonyl (C=O) groups is 2. The van der Waals surface area contributed by atoms with E-state index in [1.165, 1.54) is 30.3 Å². The summed E-state index contributed by atoms with van der Waals surface area (Å²) in [5, 5.41) is 14.4. The Morgan fingerprint density at radius 1 is 1.11 bits per heavy atom. The van der Waals surface area contributed by atoms with Crippen LogP contribution in [0.15, 0.2) is 22.3 Å². The second-order valence-corrected chi connectivity index (χ2v) is 8.64. The van der Waals surface area contributed by atoms with Gasteiger partial charge in [-0.15, -0.1) is 5.10 Å². The SMILES string of the molecule is O=C(C[C@H]1S/C(=N/N=C2CCCCC2)NC1=O)Nc1cc(Cl)c(Cl)cc1Cl. The van der Waals surface area contributed by atoms with Crippen molar-refractivity contribution in [2.45, 2.75) is 43.8 Å². The lowest BCUT2D eigenvalue weighted by molar-refractivity contribution is -0.122. The fourth-order valence-electron chi connectivity index (χ4n) is 2.75. The van der Waals surface area contributed by atoms with Gasteiger partial charge < -0.3 is 10.6 Å². The van der Waals surface area contributed by atoms with E-state index >= 15 is 0 Å². The highest BCUT2D eigenvalue weighted by Crippen LogP contribution is 2.32. The number of amides is 2. The number of amidine groups is 1. The summed E-state index contributed by atoms with van der Waals surface area (Å²) in [6.45, 7) is 0. The maximum absolute atomic E-state index is 12.3. The molecule has 1 saturated carbocycles. The highest BCUT2D eigenvalue weighted by atomic mass is 35.5. The van der Waals surface area contributed by atoms with Gasteiger partial charge in [-0.05, 0) is 37.8 Å². The Morgan fingerprint density at radius 3 is 2.56 bits per heavy atom. The monoisotopic (exact) mass is 446 g/mol. The lowest BCUT2D eigenvalue weighted by Gasteiger charge is -2.10. The summed E-state index contributed by atoms with van der Waals surface area (Å²) < 4.78 is 0. The molecule has 1 heterocycles. The van der Waals surface area contributed by atoms with E-state index in [1.807, 2.05) is 0 Å². The summed E-state index contributed by atoms with van der Waals surface area (Å²) in [6.07, 6.45) is 5.35. The molecule has 2 amide bonds. The normalized spacial score (nSPS) is 21.3. The number of halogens is 3. The molecular weight excluding hydrogens is 431 g/mol. The van der Waals surface area contributed by atoms with E-state index in [1.54, 1.807) is 0 Å². The van der Waals surface area contributed by atoms with Gasteiger partial charge in [0.1, 0.15) is 5.25 Å². The van der Waals surface area contributed by atoms with Crippen molar-refractivity contribution >= 4 is 74.9 Å². The van der Waals surface area contributed by atoms with Gasteiger partial charge in [0.15, 0.2) is 5.17 Å². The summed E-state index contributed by atoms with van der Waals surface area (Å²) in [4.78, 5) is 24.4. The molecule has 2 N–H and O–H groups in total. The zero-order chi connectivity index (χ0) is 19.4. The minimum Gasteiger partial charge on any atom is -0.325 e. The van der Waals surface area contributed by atoms with Crippen molar-refractivity contribution in [3.05, 3.63) is 27.2 Å². The third-order valence-electron chi connectivity index (χ3n) is 4.14. The second-order valence-electron chi connectivity index (χ2n) is 6.23. The largest absolute Gasteiger partial charge is 0.325 e. The molecular formula is C17H17Cl3N4O2S. The summed E-state index contributed by atoms with van der Waals surface area (Å²) in [5.41, 5.74) is 1.40. The van der Waals surface area contributed by atoms with E-state index in [0.717, 1.165) is 31.4 Å². The van der Waals surface area contributed by atoms with E-state index in [2.05, 4.69) is 20.8 Å². The zero-order valence-corrected chi connectivity index (χ0v) is 17.3. The van der Waals surface area contributed by atoms with E-state index in [9.17, 15) is 9.59 Å². The van der Waals surface area contributed by atoms with Crippen molar-refractivity contribution in [2.75, 3.05) is 5.32 Å². The Balaban J connectivity index is 1.58. The zero-order valence-electron chi connectivity index (χ0n) is 14.2. The highest BCUT2D eigenvalue weighted by Gasteiger charge is 2.32. The van der Waals surface area contributed by atoms with Gasteiger partial charge in [-0.25, -0.2) is 0 Å². The lowest BCUT2D eigenvalue weighted by Crippen LogP contribution is -2.28. The number of anilines is 1. The van der Waals surface area contributed by atoms with Gasteiger partial charge in [-0.3, -0.25) is 9.59 Å². The fourth-order valence-corrected chi connectivity index (χ4v) is 4.26. The molecule has 0 aromatic heterocycles. The molecule has 1 aliphatic carbocycles. The van der Waals surface area contributed by atoms with Gasteiger partial charge in [0.25, 0.3) is 0 Å². The van der Waals surface area contributed by atoms with Crippen molar-refractivity contribution in [1.82, 2.24) is 5.32 Å². The minimum absolute atomic E-state index is 0.0251. The quantitative estimate of drug-likeness (QED) is 0.509. The predicted molar refractivity (Wildman–Crippen MR) is 112 cm³/mol. The average molecular weight is 448 g/mol. The van der Waals surface area contributed by atoms with Crippen molar-refractivity contribution in [3.63, 3.8) is 0 Å². The van der Waals surface area contributed by atoms with Gasteiger partial charge in [0.05, 0.1) is 20.8 Å². The van der Waals surface area contributed by atoms with E-state index < -0.39 is 5.25 Å². The smallest absolute Gasteiger partial charge is 0.240 e. The third kappa shape index (κ3) is 5.60. The molecule has 1 aromatic rings. The van der Waals surface area contributed by atoms with Crippen LogP contribution in [0.3, 0.4) is 0 Å². The molecule has 1 saturated heterocycles. The fraction of sp³-hybridized carbons (Fsp3) is 0.412. The van der Waals surface area contributed by atoms with E-state index in [4.69, 9.17) is 34.8 Å². The van der Waals surface area contributed by atoms with Gasteiger partial charge in [-0.1, -0.05) is 53.0 Å². The number of benzene rings is 1. The first-order chi connectivity index (χ1) is 12.9. The summed E-state index contributed by atoms with van der Waals surface area (Å²) in [5.74, 6) is -0.624. The molecule has 1 aliphatic heterocycles. The van der Waals surface area contributed by atoms with Crippen LogP contribution in [0.1, 0.15) is 38.5 Å². The molecule has 0 spiro atoms. The molecule has 27 heavy (non-hydrogen) atoms. The Bertz CT molecular complexity index is 821. The molecule has 2 fully saturated rings. The third-order valence-corrected chi connectivity index (χ3v) is 6.25. The van der Waals surface area contributed by atoms with Crippen LogP contribution in [0.4, 0.5) is 5.69 Å². The predicted octanol–water partition coefficient (Wildman–Crippen LogP) is 4.88. The van der Waals surface area contributed by atoms with Crippen molar-refractivity contribution < 1.29 is 9.59 Å². The standard InChI is InChI=1S/C17H17Cl3N4O2S/c18-10-6-12(20)13(7-11(10)19)21-15(25)8-14-16(26)22-17(27-14)24-23-9-4-2-1-3-5-9/h6-7,14H,1-5,8H2,(H,21,25)(H,22,24,26)/t14-/m1/s1. The first kappa shape index (κ1) is 20.5. The van der Waals surface area contributed by atoms with Gasteiger partial charge >= 0.3 is 0 Å². The van der Waals surface area contributed by atoms with E-state index in [-0.39, 0.29) is 28.3 Å². The number of hydrogen-bond donors (Lipinski definition) is 2. The highest BCUT2D eigenvalue weighted by molar-refractivity contribution is 8.15. The maximum atomic E-state index is 12.3. The first-order valence-electron chi connectivity index (χ1n) is 8.47. The average Bonchev–Trinajstić information content (AvgIpc) is 2.98. The Kier molecular flexibility index (Phi) is 7.03. The first-order valence-corrected chi connectivity index (χ1v) is 10.5. The molecule has 0 unspecified atom stereocenters. The van der Waals surface area contributed by atoms with Crippen LogP contribution in [-0.4, -0.2) is 27.9 Å². The van der Waals surface area contributed by atoms with E-state index in [0.29, 0.717) is 15.9 Å². The summed E-state index contributed by atoms with van der Waals surface area (Å²) in [6, 6.07) is 2.92. The van der Waals surface area contributed by atoms with Gasteiger partial charge in [-0.2, -0.15) is 5.10 Å². The van der Waals surface area contributed by atoms with Crippen LogP contribution in [0.2, 0.25) is 15.1 Å². The Hall–Kier alpha value is -1.28. The molecule has 6 nitrogen and oxygen atoms in total. The van der Waals surface area contributed by atoms with Crippen molar-refractivity contribution in [2.24, 2.45) is 10.2 Å².